The Balaban J connectivity index is 2.34. The van der Waals surface area contributed by atoms with Gasteiger partial charge in [0.1, 0.15) is 0 Å². The van der Waals surface area contributed by atoms with E-state index in [1.807, 2.05) is 0 Å². The molecule has 0 bridgehead atoms. The Morgan fingerprint density at radius 1 is 1.43 bits per heavy atom. The number of nitrogens with one attached hydrogen (secondary N) is 2. The highest BCUT2D eigenvalue weighted by Gasteiger charge is 2.34. The summed E-state index contributed by atoms with van der Waals surface area (Å²) >= 11 is 0. The molecule has 2 rings (SSSR count). The topological polar surface area (TPSA) is 50.4 Å². The maximum atomic E-state index is 12.9. The number of alkyl carbamates (subject to hydrolysis) is 1. The minimum absolute atomic E-state index is 0.0846. The van der Waals surface area contributed by atoms with Gasteiger partial charge in [0, 0.05) is 11.7 Å². The number of benzene rings is 1. The number of hydrogen-bond acceptors (Lipinski definition) is 3. The van der Waals surface area contributed by atoms with Crippen LogP contribution in [0, 0.1) is 5.92 Å². The van der Waals surface area contributed by atoms with Gasteiger partial charge < -0.3 is 15.4 Å². The lowest BCUT2D eigenvalue weighted by Gasteiger charge is -2.34. The minimum atomic E-state index is -4.42. The van der Waals surface area contributed by atoms with E-state index in [-0.39, 0.29) is 6.04 Å². The number of carbonyl (C=O) groups excluding carboxylic acids is 1. The van der Waals surface area contributed by atoms with Crippen molar-refractivity contribution in [1.82, 2.24) is 5.32 Å². The normalized spacial score (nSPS) is 20.7. The molecule has 1 aliphatic rings. The van der Waals surface area contributed by atoms with Crippen LogP contribution in [0.2, 0.25) is 0 Å². The smallest absolute Gasteiger partial charge is 0.416 e. The summed E-state index contributed by atoms with van der Waals surface area (Å²) in [7, 11) is 1.23. The standard InChI is InChI=1S/C16H21F3N2O2/c1-9(2)6-11-8-14(21-15(22)23-3)12-7-10(16(17,18)19)4-5-13(12)20-11/h4-5,7,9,11,14,20H,6,8H2,1-3H3,(H,21,22)/t11-,14+/m1/s1. The highest BCUT2D eigenvalue weighted by atomic mass is 19.4. The van der Waals surface area contributed by atoms with E-state index in [1.165, 1.54) is 13.2 Å². The van der Waals surface area contributed by atoms with Gasteiger partial charge in [0.25, 0.3) is 0 Å². The Hall–Kier alpha value is -1.92. The van der Waals surface area contributed by atoms with Crippen LogP contribution in [0.25, 0.3) is 0 Å². The van der Waals surface area contributed by atoms with Crippen molar-refractivity contribution >= 4 is 11.8 Å². The quantitative estimate of drug-likeness (QED) is 0.867. The summed E-state index contributed by atoms with van der Waals surface area (Å²) < 4.78 is 43.4. The third-order valence-electron chi connectivity index (χ3n) is 3.87. The van der Waals surface area contributed by atoms with E-state index >= 15 is 0 Å². The monoisotopic (exact) mass is 330 g/mol. The fraction of sp³-hybridized carbons (Fsp3) is 0.562. The number of alkyl halides is 3. The summed E-state index contributed by atoms with van der Waals surface area (Å²) in [5.41, 5.74) is 0.332. The lowest BCUT2D eigenvalue weighted by atomic mass is 9.88. The summed E-state index contributed by atoms with van der Waals surface area (Å²) in [6.07, 6.45) is -3.69. The first kappa shape index (κ1) is 17.4. The highest BCUT2D eigenvalue weighted by molar-refractivity contribution is 5.69. The molecule has 1 amide bonds. The molecular formula is C16H21F3N2O2. The molecule has 7 heteroatoms. The molecule has 23 heavy (non-hydrogen) atoms. The molecule has 0 saturated heterocycles. The van der Waals surface area contributed by atoms with Crippen molar-refractivity contribution in [2.24, 2.45) is 5.92 Å². The third-order valence-corrected chi connectivity index (χ3v) is 3.87. The first-order valence-corrected chi connectivity index (χ1v) is 7.53. The number of fused-ring (bicyclic) bond motifs is 1. The molecule has 0 fully saturated rings. The van der Waals surface area contributed by atoms with E-state index in [1.54, 1.807) is 0 Å². The summed E-state index contributed by atoms with van der Waals surface area (Å²) in [6.45, 7) is 4.15. The number of methoxy groups -OCH3 is 1. The maximum Gasteiger partial charge on any atom is 0.416 e. The lowest BCUT2D eigenvalue weighted by Crippen LogP contribution is -2.38. The van der Waals surface area contributed by atoms with Crippen LogP contribution in [0.4, 0.5) is 23.7 Å². The Labute approximate surface area is 133 Å². The van der Waals surface area contributed by atoms with Gasteiger partial charge in [-0.05, 0) is 42.5 Å². The Bertz CT molecular complexity index is 573. The minimum Gasteiger partial charge on any atom is -0.453 e. The first-order valence-electron chi connectivity index (χ1n) is 7.53. The molecule has 4 nitrogen and oxygen atoms in total. The molecule has 128 valence electrons. The first-order chi connectivity index (χ1) is 10.7. The van der Waals surface area contributed by atoms with Crippen molar-refractivity contribution in [2.75, 3.05) is 12.4 Å². The molecule has 0 unspecified atom stereocenters. The Morgan fingerprint density at radius 2 is 2.13 bits per heavy atom. The molecule has 2 atom stereocenters. The molecule has 1 aromatic carbocycles. The van der Waals surface area contributed by atoms with Crippen molar-refractivity contribution < 1.29 is 22.7 Å². The van der Waals surface area contributed by atoms with Crippen molar-refractivity contribution in [3.05, 3.63) is 29.3 Å². The molecule has 0 spiro atoms. The summed E-state index contributed by atoms with van der Waals surface area (Å²) in [5.74, 6) is 0.433. The predicted molar refractivity (Wildman–Crippen MR) is 81.2 cm³/mol. The number of ether oxygens (including phenoxy) is 1. The van der Waals surface area contributed by atoms with Gasteiger partial charge in [0.05, 0.1) is 18.7 Å². The van der Waals surface area contributed by atoms with Crippen LogP contribution in [-0.2, 0) is 10.9 Å². The van der Waals surface area contributed by atoms with Crippen LogP contribution in [0.1, 0.15) is 43.9 Å². The van der Waals surface area contributed by atoms with E-state index in [9.17, 15) is 18.0 Å². The van der Waals surface area contributed by atoms with Crippen LogP contribution >= 0.6 is 0 Å². The van der Waals surface area contributed by atoms with Gasteiger partial charge >= 0.3 is 12.3 Å². The van der Waals surface area contributed by atoms with Crippen LogP contribution in [0.15, 0.2) is 18.2 Å². The van der Waals surface area contributed by atoms with Crippen LogP contribution < -0.4 is 10.6 Å². The number of halogens is 3. The number of rotatable bonds is 3. The van der Waals surface area contributed by atoms with E-state index in [0.717, 1.165) is 18.6 Å². The fourth-order valence-electron chi connectivity index (χ4n) is 2.91. The number of hydrogen-bond donors (Lipinski definition) is 2. The Kier molecular flexibility index (Phi) is 5.06. The van der Waals surface area contributed by atoms with Crippen molar-refractivity contribution in [3.8, 4) is 0 Å². The highest BCUT2D eigenvalue weighted by Crippen LogP contribution is 2.39. The second-order valence-electron chi connectivity index (χ2n) is 6.19. The van der Waals surface area contributed by atoms with Crippen molar-refractivity contribution in [2.45, 2.75) is 44.9 Å². The lowest BCUT2D eigenvalue weighted by molar-refractivity contribution is -0.137. The molecule has 0 aromatic heterocycles. The van der Waals surface area contributed by atoms with Gasteiger partial charge in [-0.2, -0.15) is 13.2 Å². The molecule has 2 N–H and O–H groups in total. The zero-order chi connectivity index (χ0) is 17.2. The summed E-state index contributed by atoms with van der Waals surface area (Å²) in [5, 5.41) is 5.91. The molecule has 1 aliphatic heterocycles. The molecule has 1 aromatic rings. The largest absolute Gasteiger partial charge is 0.453 e. The zero-order valence-corrected chi connectivity index (χ0v) is 13.3. The van der Waals surface area contributed by atoms with Crippen LogP contribution in [-0.4, -0.2) is 19.2 Å². The van der Waals surface area contributed by atoms with Crippen LogP contribution in [0.3, 0.4) is 0 Å². The average Bonchev–Trinajstić information content (AvgIpc) is 2.45. The predicted octanol–water partition coefficient (Wildman–Crippen LogP) is 4.33. The van der Waals surface area contributed by atoms with E-state index in [2.05, 4.69) is 29.2 Å². The SMILES string of the molecule is COC(=O)N[C@H]1C[C@@H](CC(C)C)Nc2ccc(C(F)(F)F)cc21. The third kappa shape index (κ3) is 4.30. The van der Waals surface area contributed by atoms with Gasteiger partial charge in [0.2, 0.25) is 0 Å². The molecular weight excluding hydrogens is 309 g/mol. The van der Waals surface area contributed by atoms with Gasteiger partial charge in [0.15, 0.2) is 0 Å². The van der Waals surface area contributed by atoms with Crippen molar-refractivity contribution in [1.29, 1.82) is 0 Å². The average molecular weight is 330 g/mol. The Morgan fingerprint density at radius 3 is 2.70 bits per heavy atom. The molecule has 1 heterocycles. The number of carbonyl (C=O) groups is 1. The van der Waals surface area contributed by atoms with Gasteiger partial charge in [-0.3, -0.25) is 0 Å². The molecule has 0 radical (unpaired) electrons. The number of anilines is 1. The molecule has 0 aliphatic carbocycles. The zero-order valence-electron chi connectivity index (χ0n) is 13.3. The van der Waals surface area contributed by atoms with Gasteiger partial charge in [-0.1, -0.05) is 13.8 Å². The van der Waals surface area contributed by atoms with Gasteiger partial charge in [-0.25, -0.2) is 4.79 Å². The number of amides is 1. The fourth-order valence-corrected chi connectivity index (χ4v) is 2.91. The summed E-state index contributed by atoms with van der Waals surface area (Å²) in [6, 6.07) is 3.15. The summed E-state index contributed by atoms with van der Waals surface area (Å²) in [4.78, 5) is 11.5. The van der Waals surface area contributed by atoms with E-state index in [0.29, 0.717) is 23.6 Å². The van der Waals surface area contributed by atoms with E-state index in [4.69, 9.17) is 0 Å². The van der Waals surface area contributed by atoms with Crippen LogP contribution in [0.5, 0.6) is 0 Å². The maximum absolute atomic E-state index is 12.9. The second-order valence-corrected chi connectivity index (χ2v) is 6.19. The molecule has 0 saturated carbocycles. The van der Waals surface area contributed by atoms with Gasteiger partial charge in [-0.15, -0.1) is 0 Å². The van der Waals surface area contributed by atoms with Crippen molar-refractivity contribution in [3.63, 3.8) is 0 Å². The van der Waals surface area contributed by atoms with E-state index < -0.39 is 23.9 Å². The second kappa shape index (κ2) is 6.68.